The number of nitrogens with zero attached hydrogens (tertiary/aromatic N) is 2. The van der Waals surface area contributed by atoms with Gasteiger partial charge in [-0.25, -0.2) is 4.98 Å². The van der Waals surface area contributed by atoms with E-state index in [1.54, 1.807) is 17.4 Å². The van der Waals surface area contributed by atoms with Crippen molar-refractivity contribution in [3.63, 3.8) is 0 Å². The fourth-order valence-corrected chi connectivity index (χ4v) is 3.49. The summed E-state index contributed by atoms with van der Waals surface area (Å²) in [6.45, 7) is 0. The molecule has 4 rings (SSSR count). The number of aromatic nitrogens is 3. The molecule has 0 bridgehead atoms. The monoisotopic (exact) mass is 341 g/mol. The van der Waals surface area contributed by atoms with E-state index in [1.807, 2.05) is 41.8 Å². The zero-order chi connectivity index (χ0) is 15.6. The van der Waals surface area contributed by atoms with Gasteiger partial charge in [-0.1, -0.05) is 36.0 Å². The molecule has 0 aliphatic carbocycles. The van der Waals surface area contributed by atoms with Crippen LogP contribution in [0, 0.1) is 0 Å². The second kappa shape index (κ2) is 6.02. The molecule has 0 unspecified atom stereocenters. The van der Waals surface area contributed by atoms with Crippen LogP contribution in [0.4, 0.5) is 0 Å². The summed E-state index contributed by atoms with van der Waals surface area (Å²) in [6, 6.07) is 13.3. The van der Waals surface area contributed by atoms with Crippen molar-refractivity contribution in [3.8, 4) is 10.7 Å². The van der Waals surface area contributed by atoms with Crippen LogP contribution in [0.1, 0.15) is 10.6 Å². The molecule has 23 heavy (non-hydrogen) atoms. The fraction of sp³-hybridized carbons (Fsp3) is 0.0625. The number of H-pyrrole nitrogens is 1. The molecule has 0 aliphatic rings. The Kier molecular flexibility index (Phi) is 3.72. The first-order valence-electron chi connectivity index (χ1n) is 6.90. The highest BCUT2D eigenvalue weighted by Crippen LogP contribution is 2.24. The van der Waals surface area contributed by atoms with E-state index in [0.717, 1.165) is 21.7 Å². The number of fused-ring (bicyclic) bond motifs is 1. The zero-order valence-electron chi connectivity index (χ0n) is 11.9. The Morgan fingerprint density at radius 2 is 2.17 bits per heavy atom. The Hall–Kier alpha value is -2.38. The minimum absolute atomic E-state index is 0.0753. The van der Waals surface area contributed by atoms with Crippen molar-refractivity contribution in [3.05, 3.63) is 53.6 Å². The SMILES string of the molecule is O=C(CSc1n[nH]c(-c2cccs2)n1)c1cc2ccccc2o1. The Morgan fingerprint density at radius 3 is 3.00 bits per heavy atom. The fourth-order valence-electron chi connectivity index (χ4n) is 2.15. The number of carbonyl (C=O) groups is 1. The molecule has 7 heteroatoms. The highest BCUT2D eigenvalue weighted by molar-refractivity contribution is 7.99. The van der Waals surface area contributed by atoms with Gasteiger partial charge in [0.1, 0.15) is 5.58 Å². The van der Waals surface area contributed by atoms with Gasteiger partial charge >= 0.3 is 0 Å². The molecule has 1 N–H and O–H groups in total. The van der Waals surface area contributed by atoms with Crippen LogP contribution in [0.25, 0.3) is 21.7 Å². The van der Waals surface area contributed by atoms with Gasteiger partial charge in [-0.2, -0.15) is 0 Å². The van der Waals surface area contributed by atoms with Crippen molar-refractivity contribution in [2.45, 2.75) is 5.16 Å². The number of furan rings is 1. The molecule has 3 aromatic heterocycles. The normalized spacial score (nSPS) is 11.1. The first kappa shape index (κ1) is 14.2. The van der Waals surface area contributed by atoms with Gasteiger partial charge in [0.05, 0.1) is 10.6 Å². The number of hydrogen-bond donors (Lipinski definition) is 1. The Morgan fingerprint density at radius 1 is 1.26 bits per heavy atom. The number of hydrogen-bond acceptors (Lipinski definition) is 6. The number of thiophene rings is 1. The Labute approximate surface area is 139 Å². The van der Waals surface area contributed by atoms with Crippen LogP contribution in [0.5, 0.6) is 0 Å². The van der Waals surface area contributed by atoms with E-state index in [0.29, 0.717) is 10.9 Å². The maximum absolute atomic E-state index is 12.2. The van der Waals surface area contributed by atoms with Crippen molar-refractivity contribution in [1.29, 1.82) is 0 Å². The van der Waals surface area contributed by atoms with Crippen LogP contribution in [0.2, 0.25) is 0 Å². The van der Waals surface area contributed by atoms with Gasteiger partial charge in [0, 0.05) is 5.39 Å². The van der Waals surface area contributed by atoms with E-state index in [4.69, 9.17) is 4.42 Å². The number of ketones is 1. The quantitative estimate of drug-likeness (QED) is 0.434. The topological polar surface area (TPSA) is 71.8 Å². The summed E-state index contributed by atoms with van der Waals surface area (Å²) >= 11 is 2.88. The predicted octanol–water partition coefficient (Wildman–Crippen LogP) is 4.25. The van der Waals surface area contributed by atoms with Crippen molar-refractivity contribution < 1.29 is 9.21 Å². The van der Waals surface area contributed by atoms with Crippen LogP contribution >= 0.6 is 23.1 Å². The summed E-state index contributed by atoms with van der Waals surface area (Å²) in [7, 11) is 0. The summed E-state index contributed by atoms with van der Waals surface area (Å²) in [4.78, 5) is 17.7. The van der Waals surface area contributed by atoms with Crippen LogP contribution in [-0.2, 0) is 0 Å². The molecule has 0 aliphatic heterocycles. The smallest absolute Gasteiger partial charge is 0.209 e. The van der Waals surface area contributed by atoms with Gasteiger partial charge in [-0.3, -0.25) is 9.89 Å². The molecule has 0 saturated heterocycles. The molecule has 114 valence electrons. The van der Waals surface area contributed by atoms with Gasteiger partial charge in [0.2, 0.25) is 10.9 Å². The molecule has 0 fully saturated rings. The molecule has 1 aromatic carbocycles. The maximum Gasteiger partial charge on any atom is 0.209 e. The maximum atomic E-state index is 12.2. The van der Waals surface area contributed by atoms with Gasteiger partial charge < -0.3 is 4.42 Å². The van der Waals surface area contributed by atoms with Crippen LogP contribution < -0.4 is 0 Å². The van der Waals surface area contributed by atoms with Crippen LogP contribution in [0.3, 0.4) is 0 Å². The lowest BCUT2D eigenvalue weighted by molar-refractivity contribution is 0.0994. The van der Waals surface area contributed by atoms with Crippen molar-refractivity contribution in [1.82, 2.24) is 15.2 Å². The van der Waals surface area contributed by atoms with Crippen molar-refractivity contribution in [2.24, 2.45) is 0 Å². The van der Waals surface area contributed by atoms with E-state index in [-0.39, 0.29) is 11.5 Å². The number of rotatable bonds is 5. The highest BCUT2D eigenvalue weighted by Gasteiger charge is 2.14. The third-order valence-electron chi connectivity index (χ3n) is 3.25. The molecule has 3 heterocycles. The number of para-hydroxylation sites is 1. The molecule has 0 amide bonds. The summed E-state index contributed by atoms with van der Waals surface area (Å²) in [6.07, 6.45) is 0. The number of benzene rings is 1. The summed E-state index contributed by atoms with van der Waals surface area (Å²) in [5.74, 6) is 1.25. The van der Waals surface area contributed by atoms with Crippen LogP contribution in [-0.4, -0.2) is 26.7 Å². The standard InChI is InChI=1S/C16H11N3O2S2/c20-11(13-8-10-4-1-2-5-12(10)21-13)9-23-16-17-15(18-19-16)14-6-3-7-22-14/h1-8H,9H2,(H,17,18,19). The molecule has 5 nitrogen and oxygen atoms in total. The van der Waals surface area contributed by atoms with E-state index in [2.05, 4.69) is 15.2 Å². The summed E-state index contributed by atoms with van der Waals surface area (Å²) < 4.78 is 5.57. The van der Waals surface area contributed by atoms with E-state index in [1.165, 1.54) is 11.8 Å². The zero-order valence-corrected chi connectivity index (χ0v) is 13.5. The Bertz CT molecular complexity index is 924. The second-order valence-corrected chi connectivity index (χ2v) is 6.69. The van der Waals surface area contributed by atoms with E-state index >= 15 is 0 Å². The molecule has 4 aromatic rings. The molecule has 0 spiro atoms. The number of aromatic amines is 1. The average Bonchev–Trinajstić information content (AvgIpc) is 3.31. The second-order valence-electron chi connectivity index (χ2n) is 4.80. The third-order valence-corrected chi connectivity index (χ3v) is 4.98. The predicted molar refractivity (Wildman–Crippen MR) is 91.0 cm³/mol. The number of nitrogens with one attached hydrogen (secondary N) is 1. The summed E-state index contributed by atoms with van der Waals surface area (Å²) in [5.41, 5.74) is 0.721. The first-order valence-corrected chi connectivity index (χ1v) is 8.77. The van der Waals surface area contributed by atoms with Crippen LogP contribution in [0.15, 0.2) is 57.4 Å². The third kappa shape index (κ3) is 2.93. The molecule has 0 radical (unpaired) electrons. The molecular weight excluding hydrogens is 330 g/mol. The molecule has 0 atom stereocenters. The van der Waals surface area contributed by atoms with Gasteiger partial charge in [0.15, 0.2) is 11.6 Å². The molecule has 0 saturated carbocycles. The van der Waals surface area contributed by atoms with Crippen molar-refractivity contribution >= 4 is 39.9 Å². The lowest BCUT2D eigenvalue weighted by Crippen LogP contribution is -2.00. The molecular formula is C16H11N3O2S2. The number of carbonyl (C=O) groups excluding carboxylic acids is 1. The highest BCUT2D eigenvalue weighted by atomic mass is 32.2. The van der Waals surface area contributed by atoms with Crippen molar-refractivity contribution in [2.75, 3.05) is 5.75 Å². The minimum Gasteiger partial charge on any atom is -0.453 e. The van der Waals surface area contributed by atoms with E-state index < -0.39 is 0 Å². The number of thioether (sulfide) groups is 1. The average molecular weight is 341 g/mol. The lowest BCUT2D eigenvalue weighted by atomic mass is 10.2. The lowest BCUT2D eigenvalue weighted by Gasteiger charge is -1.93. The first-order chi connectivity index (χ1) is 11.3. The van der Waals surface area contributed by atoms with Gasteiger partial charge in [-0.15, -0.1) is 16.4 Å². The number of Topliss-reactive ketones (excluding diaryl/α,β-unsaturated/α-hetero) is 1. The minimum atomic E-state index is -0.0753. The summed E-state index contributed by atoms with van der Waals surface area (Å²) in [5, 5.41) is 10.5. The largest absolute Gasteiger partial charge is 0.453 e. The Balaban J connectivity index is 1.45. The van der Waals surface area contributed by atoms with Gasteiger partial charge in [0.25, 0.3) is 0 Å². The van der Waals surface area contributed by atoms with Gasteiger partial charge in [-0.05, 0) is 23.6 Å². The van der Waals surface area contributed by atoms with E-state index in [9.17, 15) is 4.79 Å².